The van der Waals surface area contributed by atoms with E-state index in [1.165, 1.54) is 4.90 Å². The maximum Gasteiger partial charge on any atom is 0.322 e. The van der Waals surface area contributed by atoms with Crippen molar-refractivity contribution in [1.82, 2.24) is 9.80 Å². The van der Waals surface area contributed by atoms with Gasteiger partial charge in [0.25, 0.3) is 0 Å². The van der Waals surface area contributed by atoms with Crippen molar-refractivity contribution in [1.29, 1.82) is 0 Å². The summed E-state index contributed by atoms with van der Waals surface area (Å²) in [6.07, 6.45) is 2.22. The molecule has 174 valence electrons. The molecular formula is C26H31N3O4. The third-order valence-electron chi connectivity index (χ3n) is 5.15. The summed E-state index contributed by atoms with van der Waals surface area (Å²) < 4.78 is 10.6. The number of ether oxygens (including phenoxy) is 1. The average molecular weight is 450 g/mol. The first-order valence-corrected chi connectivity index (χ1v) is 11.0. The number of rotatable bonds is 11. The number of methoxy groups -OCH3 is 1. The third-order valence-corrected chi connectivity index (χ3v) is 5.15. The quantitative estimate of drug-likeness (QED) is 0.431. The van der Waals surface area contributed by atoms with Crippen LogP contribution in [0.3, 0.4) is 0 Å². The van der Waals surface area contributed by atoms with Gasteiger partial charge in [-0.15, -0.1) is 0 Å². The predicted octanol–water partition coefficient (Wildman–Crippen LogP) is 4.69. The van der Waals surface area contributed by atoms with Crippen LogP contribution in [0, 0.1) is 6.92 Å². The van der Waals surface area contributed by atoms with E-state index in [9.17, 15) is 9.59 Å². The molecule has 2 aromatic carbocycles. The van der Waals surface area contributed by atoms with Crippen molar-refractivity contribution in [2.45, 2.75) is 26.4 Å². The molecule has 3 aromatic rings. The summed E-state index contributed by atoms with van der Waals surface area (Å²) in [7, 11) is 1.62. The molecule has 0 aliphatic carbocycles. The normalized spacial score (nSPS) is 10.6. The monoisotopic (exact) mass is 449 g/mol. The van der Waals surface area contributed by atoms with E-state index in [-0.39, 0.29) is 18.5 Å². The average Bonchev–Trinajstić information content (AvgIpc) is 3.32. The molecule has 7 heteroatoms. The highest BCUT2D eigenvalue weighted by molar-refractivity contribution is 5.92. The lowest BCUT2D eigenvalue weighted by Gasteiger charge is -2.27. The lowest BCUT2D eigenvalue weighted by atomic mass is 10.2. The lowest BCUT2D eigenvalue weighted by molar-refractivity contribution is -0.133. The molecule has 1 N–H and O–H groups in total. The van der Waals surface area contributed by atoms with Gasteiger partial charge in [0, 0.05) is 32.5 Å². The number of benzene rings is 2. The minimum atomic E-state index is -0.317. The van der Waals surface area contributed by atoms with E-state index >= 15 is 0 Å². The molecule has 7 nitrogen and oxygen atoms in total. The van der Waals surface area contributed by atoms with Gasteiger partial charge in [-0.1, -0.05) is 42.5 Å². The Morgan fingerprint density at radius 2 is 1.79 bits per heavy atom. The van der Waals surface area contributed by atoms with E-state index in [0.717, 1.165) is 11.1 Å². The predicted molar refractivity (Wildman–Crippen MR) is 128 cm³/mol. The van der Waals surface area contributed by atoms with E-state index in [2.05, 4.69) is 5.32 Å². The molecule has 0 bridgehead atoms. The van der Waals surface area contributed by atoms with Gasteiger partial charge in [0.05, 0.1) is 12.8 Å². The number of anilines is 1. The fraction of sp³-hybridized carbons (Fsp3) is 0.308. The van der Waals surface area contributed by atoms with E-state index in [1.807, 2.05) is 67.6 Å². The highest BCUT2D eigenvalue weighted by Crippen LogP contribution is 2.14. The van der Waals surface area contributed by atoms with Crippen LogP contribution in [-0.2, 0) is 22.6 Å². The minimum absolute atomic E-state index is 0.0467. The standard InChI is InChI=1S/C26H31N3O4/c1-21-9-6-12-23(17-21)27-26(31)28(14-8-15-32-2)20-25(30)29(19-24-13-7-16-33-24)18-22-10-4-3-5-11-22/h3-7,9-13,16-17H,8,14-15,18-20H2,1-2H3,(H,27,31). The molecule has 0 saturated heterocycles. The Morgan fingerprint density at radius 3 is 2.48 bits per heavy atom. The minimum Gasteiger partial charge on any atom is -0.467 e. The van der Waals surface area contributed by atoms with E-state index < -0.39 is 0 Å². The van der Waals surface area contributed by atoms with Crippen LogP contribution in [-0.4, -0.2) is 48.5 Å². The molecule has 1 heterocycles. The van der Waals surface area contributed by atoms with Gasteiger partial charge in [-0.25, -0.2) is 4.79 Å². The van der Waals surface area contributed by atoms with Gasteiger partial charge in [-0.2, -0.15) is 0 Å². The SMILES string of the molecule is COCCCN(CC(=O)N(Cc1ccccc1)Cc1ccco1)C(=O)Nc1cccc(C)c1. The summed E-state index contributed by atoms with van der Waals surface area (Å²) in [5.41, 5.74) is 2.75. The lowest BCUT2D eigenvalue weighted by Crippen LogP contribution is -2.44. The van der Waals surface area contributed by atoms with Gasteiger partial charge >= 0.3 is 6.03 Å². The van der Waals surface area contributed by atoms with Crippen LogP contribution in [0.2, 0.25) is 0 Å². The van der Waals surface area contributed by atoms with Crippen LogP contribution in [0.4, 0.5) is 10.5 Å². The first kappa shape index (κ1) is 24.1. The zero-order chi connectivity index (χ0) is 23.5. The maximum absolute atomic E-state index is 13.4. The molecule has 33 heavy (non-hydrogen) atoms. The second-order valence-corrected chi connectivity index (χ2v) is 7.88. The highest BCUT2D eigenvalue weighted by atomic mass is 16.5. The Labute approximate surface area is 194 Å². The largest absolute Gasteiger partial charge is 0.467 e. The van der Waals surface area contributed by atoms with Crippen molar-refractivity contribution >= 4 is 17.6 Å². The zero-order valence-electron chi connectivity index (χ0n) is 19.2. The molecule has 1 aromatic heterocycles. The maximum atomic E-state index is 13.4. The molecule has 0 aliphatic heterocycles. The molecule has 0 unspecified atom stereocenters. The first-order chi connectivity index (χ1) is 16.0. The molecule has 3 amide bonds. The first-order valence-electron chi connectivity index (χ1n) is 11.0. The molecule has 0 radical (unpaired) electrons. The molecule has 0 atom stereocenters. The second-order valence-electron chi connectivity index (χ2n) is 7.88. The Morgan fingerprint density at radius 1 is 0.970 bits per heavy atom. The number of furan rings is 1. The number of amides is 3. The summed E-state index contributed by atoms with van der Waals surface area (Å²) in [6.45, 7) is 3.57. The summed E-state index contributed by atoms with van der Waals surface area (Å²) in [5, 5.41) is 2.91. The topological polar surface area (TPSA) is 75.0 Å². The van der Waals surface area contributed by atoms with E-state index in [0.29, 0.717) is 44.1 Å². The van der Waals surface area contributed by atoms with Crippen LogP contribution >= 0.6 is 0 Å². The molecule has 0 saturated carbocycles. The number of carbonyl (C=O) groups is 2. The molecule has 0 aliphatic rings. The molecule has 0 spiro atoms. The fourth-order valence-corrected chi connectivity index (χ4v) is 3.47. The fourth-order valence-electron chi connectivity index (χ4n) is 3.47. The van der Waals surface area contributed by atoms with Gasteiger partial charge in [-0.3, -0.25) is 4.79 Å². The molecule has 0 fully saturated rings. The van der Waals surface area contributed by atoms with Crippen LogP contribution in [0.25, 0.3) is 0 Å². The van der Waals surface area contributed by atoms with Crippen molar-refractivity contribution in [3.63, 3.8) is 0 Å². The number of nitrogens with zero attached hydrogens (tertiary/aromatic N) is 2. The highest BCUT2D eigenvalue weighted by Gasteiger charge is 2.22. The van der Waals surface area contributed by atoms with Crippen LogP contribution in [0.1, 0.15) is 23.3 Å². The Bertz CT molecular complexity index is 1010. The smallest absolute Gasteiger partial charge is 0.322 e. The number of hydrogen-bond donors (Lipinski definition) is 1. The second kappa shape index (κ2) is 12.5. The number of carbonyl (C=O) groups excluding carboxylic acids is 2. The summed E-state index contributed by atoms with van der Waals surface area (Å²) in [5.74, 6) is 0.529. The van der Waals surface area contributed by atoms with Gasteiger partial charge in [0.15, 0.2) is 0 Å². The summed E-state index contributed by atoms with van der Waals surface area (Å²) >= 11 is 0. The van der Waals surface area contributed by atoms with Crippen molar-refractivity contribution in [3.8, 4) is 0 Å². The summed E-state index contributed by atoms with van der Waals surface area (Å²) in [4.78, 5) is 29.6. The Hall–Kier alpha value is -3.58. The van der Waals surface area contributed by atoms with Crippen LogP contribution in [0.5, 0.6) is 0 Å². The Kier molecular flexibility index (Phi) is 9.08. The number of aryl methyl sites for hydroxylation is 1. The van der Waals surface area contributed by atoms with E-state index in [4.69, 9.17) is 9.15 Å². The molecular weight excluding hydrogens is 418 g/mol. The Balaban J connectivity index is 1.73. The number of hydrogen-bond acceptors (Lipinski definition) is 4. The molecule has 3 rings (SSSR count). The van der Waals surface area contributed by atoms with Gasteiger partial charge in [0.1, 0.15) is 12.3 Å². The van der Waals surface area contributed by atoms with Crippen molar-refractivity contribution in [2.75, 3.05) is 32.1 Å². The van der Waals surface area contributed by atoms with Crippen LogP contribution in [0.15, 0.2) is 77.4 Å². The van der Waals surface area contributed by atoms with Gasteiger partial charge < -0.3 is 24.3 Å². The van der Waals surface area contributed by atoms with Gasteiger partial charge in [-0.05, 0) is 48.7 Å². The summed E-state index contributed by atoms with van der Waals surface area (Å²) in [6, 6.07) is 20.7. The third kappa shape index (κ3) is 7.80. The van der Waals surface area contributed by atoms with Crippen molar-refractivity contribution in [2.24, 2.45) is 0 Å². The number of urea groups is 1. The zero-order valence-corrected chi connectivity index (χ0v) is 19.2. The number of nitrogens with one attached hydrogen (secondary N) is 1. The van der Waals surface area contributed by atoms with Crippen LogP contribution < -0.4 is 5.32 Å². The van der Waals surface area contributed by atoms with Crippen molar-refractivity contribution in [3.05, 3.63) is 89.9 Å². The van der Waals surface area contributed by atoms with Crippen molar-refractivity contribution < 1.29 is 18.7 Å². The van der Waals surface area contributed by atoms with Gasteiger partial charge in [0.2, 0.25) is 5.91 Å². The van der Waals surface area contributed by atoms with E-state index in [1.54, 1.807) is 24.3 Å².